The van der Waals surface area contributed by atoms with E-state index >= 15 is 0 Å². The number of anilines is 2. The molecule has 0 aliphatic carbocycles. The number of amides is 1. The first-order chi connectivity index (χ1) is 9.49. The topological polar surface area (TPSA) is 81.4 Å². The normalized spacial score (nSPS) is 23.5. The molecule has 1 heterocycles. The Morgan fingerprint density at radius 3 is 2.90 bits per heavy atom. The number of rotatable bonds is 4. The number of aryl methyl sites for hydroxylation is 1. The fraction of sp³-hybridized carbons (Fsp3) is 0.500. The van der Waals surface area contributed by atoms with Gasteiger partial charge in [0.25, 0.3) is 0 Å². The summed E-state index contributed by atoms with van der Waals surface area (Å²) in [5, 5.41) is 2.69. The van der Waals surface area contributed by atoms with Gasteiger partial charge in [-0.25, -0.2) is 0 Å². The average molecular weight is 296 g/mol. The molecule has 0 bridgehead atoms. The average Bonchev–Trinajstić information content (AvgIpc) is 2.80. The van der Waals surface area contributed by atoms with Gasteiger partial charge in [-0.15, -0.1) is 0 Å². The van der Waals surface area contributed by atoms with Crippen LogP contribution in [0.2, 0.25) is 0 Å². The molecule has 1 saturated heterocycles. The molecular formula is C14H20N2O3S. The Balaban J connectivity index is 1.97. The van der Waals surface area contributed by atoms with E-state index in [4.69, 9.17) is 10.5 Å². The van der Waals surface area contributed by atoms with Gasteiger partial charge in [0, 0.05) is 17.4 Å². The van der Waals surface area contributed by atoms with Crippen molar-refractivity contribution in [3.63, 3.8) is 0 Å². The number of nitrogen functional groups attached to an aromatic ring is 1. The molecule has 110 valence electrons. The van der Waals surface area contributed by atoms with E-state index in [0.717, 1.165) is 12.0 Å². The molecule has 3 atom stereocenters. The number of nitrogens with one attached hydrogen (secondary N) is 1. The second-order valence-corrected chi connectivity index (χ2v) is 6.67. The van der Waals surface area contributed by atoms with Gasteiger partial charge >= 0.3 is 0 Å². The quantitative estimate of drug-likeness (QED) is 0.824. The van der Waals surface area contributed by atoms with Crippen molar-refractivity contribution in [1.29, 1.82) is 0 Å². The Bertz CT molecular complexity index is 513. The Morgan fingerprint density at radius 1 is 1.55 bits per heavy atom. The maximum atomic E-state index is 12.2. The van der Waals surface area contributed by atoms with Crippen LogP contribution >= 0.6 is 0 Å². The van der Waals surface area contributed by atoms with Gasteiger partial charge in [-0.05, 0) is 31.9 Å². The van der Waals surface area contributed by atoms with Gasteiger partial charge in [0.15, 0.2) is 0 Å². The lowest BCUT2D eigenvalue weighted by Crippen LogP contribution is -2.30. The predicted octanol–water partition coefficient (Wildman–Crippen LogP) is 1.44. The molecule has 20 heavy (non-hydrogen) atoms. The Labute approximate surface area is 121 Å². The fourth-order valence-electron chi connectivity index (χ4n) is 2.33. The van der Waals surface area contributed by atoms with E-state index in [-0.39, 0.29) is 23.0 Å². The lowest BCUT2D eigenvalue weighted by molar-refractivity contribution is -0.113. The molecule has 0 aromatic heterocycles. The maximum Gasteiger partial charge on any atom is 0.237 e. The summed E-state index contributed by atoms with van der Waals surface area (Å²) < 4.78 is 17.5. The summed E-state index contributed by atoms with van der Waals surface area (Å²) in [5.41, 5.74) is 7.84. The molecular weight excluding hydrogens is 276 g/mol. The maximum absolute atomic E-state index is 12.2. The number of benzene rings is 1. The van der Waals surface area contributed by atoms with Crippen LogP contribution in [0.25, 0.3) is 0 Å². The van der Waals surface area contributed by atoms with E-state index < -0.39 is 10.8 Å². The van der Waals surface area contributed by atoms with Crippen LogP contribution in [0.3, 0.4) is 0 Å². The van der Waals surface area contributed by atoms with Crippen LogP contribution in [0, 0.1) is 6.92 Å². The van der Waals surface area contributed by atoms with Crippen molar-refractivity contribution in [2.24, 2.45) is 0 Å². The number of hydrogen-bond donors (Lipinski definition) is 2. The monoisotopic (exact) mass is 296 g/mol. The standard InChI is InChI=1S/C14H20N2O3S/c1-9-4-3-5-11(15)14(9)16-13(17)8-20(18)12-6-7-19-10(12)2/h3-5,10,12H,6-8,15H2,1-2H3,(H,16,17). The van der Waals surface area contributed by atoms with Crippen LogP contribution in [0.15, 0.2) is 18.2 Å². The molecule has 5 nitrogen and oxygen atoms in total. The first-order valence-corrected chi connectivity index (χ1v) is 8.01. The lowest BCUT2D eigenvalue weighted by atomic mass is 10.1. The van der Waals surface area contributed by atoms with Gasteiger partial charge in [-0.2, -0.15) is 0 Å². The van der Waals surface area contributed by atoms with Crippen LogP contribution < -0.4 is 11.1 Å². The number of para-hydroxylation sites is 1. The first-order valence-electron chi connectivity index (χ1n) is 6.62. The van der Waals surface area contributed by atoms with E-state index in [9.17, 15) is 9.00 Å². The lowest BCUT2D eigenvalue weighted by Gasteiger charge is -2.15. The van der Waals surface area contributed by atoms with Crippen molar-refractivity contribution < 1.29 is 13.7 Å². The minimum absolute atomic E-state index is 0.0217. The zero-order chi connectivity index (χ0) is 14.7. The minimum Gasteiger partial charge on any atom is -0.397 e. The van der Waals surface area contributed by atoms with Gasteiger partial charge in [-0.3, -0.25) is 9.00 Å². The molecule has 2 rings (SSSR count). The molecule has 1 aromatic carbocycles. The second kappa shape index (κ2) is 6.37. The largest absolute Gasteiger partial charge is 0.397 e. The summed E-state index contributed by atoms with van der Waals surface area (Å²) in [7, 11) is -1.22. The third-order valence-electron chi connectivity index (χ3n) is 3.49. The molecule has 1 aromatic rings. The van der Waals surface area contributed by atoms with Crippen LogP contribution in [0.5, 0.6) is 0 Å². The summed E-state index contributed by atoms with van der Waals surface area (Å²) >= 11 is 0. The van der Waals surface area contributed by atoms with E-state index in [1.807, 2.05) is 26.0 Å². The number of nitrogens with two attached hydrogens (primary N) is 1. The summed E-state index contributed by atoms with van der Waals surface area (Å²) in [5.74, 6) is -0.296. The molecule has 1 aliphatic heterocycles. The molecule has 6 heteroatoms. The van der Waals surface area contributed by atoms with Gasteiger partial charge < -0.3 is 15.8 Å². The van der Waals surface area contributed by atoms with Crippen LogP contribution in [-0.4, -0.2) is 33.8 Å². The van der Waals surface area contributed by atoms with Crippen molar-refractivity contribution in [3.8, 4) is 0 Å². The smallest absolute Gasteiger partial charge is 0.237 e. The van der Waals surface area contributed by atoms with E-state index in [1.165, 1.54) is 0 Å². The third-order valence-corrected chi connectivity index (χ3v) is 5.33. The van der Waals surface area contributed by atoms with Crippen LogP contribution in [0.1, 0.15) is 18.9 Å². The SMILES string of the molecule is Cc1cccc(N)c1NC(=O)CS(=O)C1CCOC1C. The molecule has 0 saturated carbocycles. The molecule has 1 fully saturated rings. The summed E-state index contributed by atoms with van der Waals surface area (Å²) in [6.07, 6.45) is 0.695. The third kappa shape index (κ3) is 3.37. The molecule has 0 radical (unpaired) electrons. The van der Waals surface area contributed by atoms with Gasteiger partial charge in [0.05, 0.1) is 22.7 Å². The minimum atomic E-state index is -1.22. The fourth-order valence-corrected chi connectivity index (χ4v) is 3.74. The number of hydrogen-bond acceptors (Lipinski definition) is 4. The summed E-state index contributed by atoms with van der Waals surface area (Å²) in [6, 6.07) is 5.43. The van der Waals surface area contributed by atoms with E-state index in [0.29, 0.717) is 18.0 Å². The highest BCUT2D eigenvalue weighted by atomic mass is 32.2. The van der Waals surface area contributed by atoms with E-state index in [2.05, 4.69) is 5.32 Å². The second-order valence-electron chi connectivity index (χ2n) is 5.02. The van der Waals surface area contributed by atoms with Crippen molar-refractivity contribution in [2.75, 3.05) is 23.4 Å². The van der Waals surface area contributed by atoms with E-state index in [1.54, 1.807) is 6.07 Å². The summed E-state index contributed by atoms with van der Waals surface area (Å²) in [6.45, 7) is 4.38. The number of carbonyl (C=O) groups is 1. The van der Waals surface area contributed by atoms with Crippen LogP contribution in [-0.2, 0) is 20.3 Å². The highest BCUT2D eigenvalue weighted by molar-refractivity contribution is 7.86. The van der Waals surface area contributed by atoms with Gasteiger partial charge in [0.1, 0.15) is 5.75 Å². The molecule has 0 spiro atoms. The Kier molecular flexibility index (Phi) is 4.77. The molecule has 1 aliphatic rings. The first kappa shape index (κ1) is 15.0. The zero-order valence-corrected chi connectivity index (χ0v) is 12.5. The highest BCUT2D eigenvalue weighted by Crippen LogP contribution is 2.23. The number of carbonyl (C=O) groups excluding carboxylic acids is 1. The number of ether oxygens (including phenoxy) is 1. The van der Waals surface area contributed by atoms with Crippen molar-refractivity contribution >= 4 is 28.1 Å². The highest BCUT2D eigenvalue weighted by Gasteiger charge is 2.30. The molecule has 3 N–H and O–H groups in total. The Morgan fingerprint density at radius 2 is 2.30 bits per heavy atom. The van der Waals surface area contributed by atoms with Crippen LogP contribution in [0.4, 0.5) is 11.4 Å². The van der Waals surface area contributed by atoms with Gasteiger partial charge in [0.2, 0.25) is 5.91 Å². The van der Waals surface area contributed by atoms with Gasteiger partial charge in [-0.1, -0.05) is 12.1 Å². The molecule has 3 unspecified atom stereocenters. The van der Waals surface area contributed by atoms with Crippen molar-refractivity contribution in [1.82, 2.24) is 0 Å². The molecule has 1 amide bonds. The zero-order valence-electron chi connectivity index (χ0n) is 11.7. The Hall–Kier alpha value is -1.40. The summed E-state index contributed by atoms with van der Waals surface area (Å²) in [4.78, 5) is 12.0. The van der Waals surface area contributed by atoms with Crippen molar-refractivity contribution in [2.45, 2.75) is 31.6 Å². The predicted molar refractivity (Wildman–Crippen MR) is 81.0 cm³/mol. The van der Waals surface area contributed by atoms with Crippen molar-refractivity contribution in [3.05, 3.63) is 23.8 Å².